The van der Waals surface area contributed by atoms with Gasteiger partial charge in [0.1, 0.15) is 5.82 Å². The van der Waals surface area contributed by atoms with Gasteiger partial charge in [-0.25, -0.2) is 4.98 Å². The van der Waals surface area contributed by atoms with Crippen LogP contribution < -0.4 is 20.9 Å². The van der Waals surface area contributed by atoms with Crippen molar-refractivity contribution in [2.24, 2.45) is 11.7 Å². The Morgan fingerprint density at radius 2 is 1.74 bits per heavy atom. The summed E-state index contributed by atoms with van der Waals surface area (Å²) in [5, 5.41) is 2.78. The van der Waals surface area contributed by atoms with Gasteiger partial charge in [-0.2, -0.15) is 0 Å². The summed E-state index contributed by atoms with van der Waals surface area (Å²) in [5.74, 6) is -0.532. The molecule has 1 unspecified atom stereocenters. The third-order valence-electron chi connectivity index (χ3n) is 5.59. The summed E-state index contributed by atoms with van der Waals surface area (Å²) in [6.45, 7) is 1.35. The maximum atomic E-state index is 12.5. The van der Waals surface area contributed by atoms with E-state index in [4.69, 9.17) is 5.73 Å². The first-order valence-electron chi connectivity index (χ1n) is 10.2. The molecule has 0 bridgehead atoms. The number of anilines is 3. The molecule has 4 amide bonds. The molecule has 0 spiro atoms. The number of amides is 4. The summed E-state index contributed by atoms with van der Waals surface area (Å²) in [7, 11) is 0. The molecule has 2 aromatic rings. The molecule has 3 N–H and O–H groups in total. The molecule has 31 heavy (non-hydrogen) atoms. The van der Waals surface area contributed by atoms with Gasteiger partial charge in [0, 0.05) is 31.5 Å². The minimum absolute atomic E-state index is 0.177. The maximum Gasteiger partial charge on any atom is 0.255 e. The van der Waals surface area contributed by atoms with Crippen molar-refractivity contribution in [1.29, 1.82) is 0 Å². The van der Waals surface area contributed by atoms with Gasteiger partial charge in [0.25, 0.3) is 5.91 Å². The molecule has 2 saturated heterocycles. The van der Waals surface area contributed by atoms with Crippen LogP contribution in [0, 0.1) is 5.92 Å². The van der Waals surface area contributed by atoms with E-state index in [0.717, 1.165) is 30.1 Å². The minimum Gasteiger partial charge on any atom is -0.369 e. The second-order valence-corrected chi connectivity index (χ2v) is 7.72. The summed E-state index contributed by atoms with van der Waals surface area (Å²) < 4.78 is 0. The first-order chi connectivity index (χ1) is 14.9. The Kier molecular flexibility index (Phi) is 5.66. The number of nitrogens with two attached hydrogens (primary N) is 1. The summed E-state index contributed by atoms with van der Waals surface area (Å²) in [5.41, 5.74) is 6.82. The molecule has 2 aliphatic heterocycles. The van der Waals surface area contributed by atoms with E-state index in [1.54, 1.807) is 42.6 Å². The van der Waals surface area contributed by atoms with Crippen molar-refractivity contribution in [3.05, 3.63) is 48.2 Å². The highest BCUT2D eigenvalue weighted by atomic mass is 16.2. The minimum atomic E-state index is -0.327. The zero-order chi connectivity index (χ0) is 22.0. The Morgan fingerprint density at radius 1 is 1.03 bits per heavy atom. The highest BCUT2D eigenvalue weighted by Gasteiger charge is 2.30. The third-order valence-corrected chi connectivity index (χ3v) is 5.59. The van der Waals surface area contributed by atoms with Gasteiger partial charge in [-0.15, -0.1) is 0 Å². The summed E-state index contributed by atoms with van der Waals surface area (Å²) in [4.78, 5) is 55.2. The van der Waals surface area contributed by atoms with Gasteiger partial charge in [0.05, 0.1) is 23.5 Å². The van der Waals surface area contributed by atoms with E-state index in [9.17, 15) is 19.2 Å². The highest BCUT2D eigenvalue weighted by molar-refractivity contribution is 6.20. The lowest BCUT2D eigenvalue weighted by Crippen LogP contribution is -2.41. The van der Waals surface area contributed by atoms with Gasteiger partial charge in [0.2, 0.25) is 17.7 Å². The number of pyridine rings is 1. The Morgan fingerprint density at radius 3 is 2.35 bits per heavy atom. The zero-order valence-corrected chi connectivity index (χ0v) is 16.9. The molecule has 1 aromatic carbocycles. The lowest BCUT2D eigenvalue weighted by Gasteiger charge is -2.32. The average molecular weight is 421 g/mol. The number of nitrogens with zero attached hydrogens (tertiary/aromatic N) is 3. The normalized spacial score (nSPS) is 18.9. The number of hydrogen-bond donors (Lipinski definition) is 2. The fourth-order valence-corrected chi connectivity index (χ4v) is 3.89. The quantitative estimate of drug-likeness (QED) is 0.708. The number of benzene rings is 1. The molecule has 1 atom stereocenters. The van der Waals surface area contributed by atoms with Crippen LogP contribution in [0.5, 0.6) is 0 Å². The summed E-state index contributed by atoms with van der Waals surface area (Å²) >= 11 is 0. The number of nitrogens with one attached hydrogen (secondary N) is 1. The number of rotatable bonds is 5. The monoisotopic (exact) mass is 421 g/mol. The first-order valence-corrected chi connectivity index (χ1v) is 10.2. The van der Waals surface area contributed by atoms with Crippen LogP contribution in [-0.4, -0.2) is 41.7 Å². The molecule has 3 heterocycles. The number of imide groups is 1. The standard InChI is InChI=1S/C22H23N5O4/c23-21(30)15-2-1-11-26(13-15)18-8-5-16(12-24-18)25-22(31)14-3-6-17(7-4-14)27-19(28)9-10-20(27)29/h3-8,12,15H,1-2,9-11,13H2,(H2,23,30)(H,25,31). The SMILES string of the molecule is NC(=O)C1CCCN(c2ccc(NC(=O)c3ccc(N4C(=O)CCC4=O)cc3)cn2)C1. The molecular weight excluding hydrogens is 398 g/mol. The number of aromatic nitrogens is 1. The second-order valence-electron chi connectivity index (χ2n) is 7.72. The summed E-state index contributed by atoms with van der Waals surface area (Å²) in [6.07, 6.45) is 3.66. The predicted octanol–water partition coefficient (Wildman–Crippen LogP) is 1.69. The van der Waals surface area contributed by atoms with Crippen LogP contribution in [-0.2, 0) is 14.4 Å². The lowest BCUT2D eigenvalue weighted by molar-refractivity contribution is -0.122. The third kappa shape index (κ3) is 4.40. The van der Waals surface area contributed by atoms with E-state index in [2.05, 4.69) is 10.3 Å². The van der Waals surface area contributed by atoms with Gasteiger partial charge in [-0.05, 0) is 49.2 Å². The van der Waals surface area contributed by atoms with E-state index in [1.165, 1.54) is 0 Å². The Hall–Kier alpha value is -3.75. The topological polar surface area (TPSA) is 126 Å². The number of carbonyl (C=O) groups excluding carboxylic acids is 4. The molecule has 4 rings (SSSR count). The van der Waals surface area contributed by atoms with Crippen LogP contribution in [0.25, 0.3) is 0 Å². The maximum absolute atomic E-state index is 12.5. The molecular formula is C22H23N5O4. The van der Waals surface area contributed by atoms with Crippen molar-refractivity contribution in [1.82, 2.24) is 4.98 Å². The van der Waals surface area contributed by atoms with Crippen molar-refractivity contribution < 1.29 is 19.2 Å². The second kappa shape index (κ2) is 8.55. The molecule has 1 aromatic heterocycles. The molecule has 160 valence electrons. The number of piperidine rings is 1. The smallest absolute Gasteiger partial charge is 0.255 e. The fraction of sp³-hybridized carbons (Fsp3) is 0.318. The number of carbonyl (C=O) groups is 4. The molecule has 0 aliphatic carbocycles. The van der Waals surface area contributed by atoms with Crippen LogP contribution in [0.1, 0.15) is 36.0 Å². The average Bonchev–Trinajstić information content (AvgIpc) is 3.12. The largest absolute Gasteiger partial charge is 0.369 e. The van der Waals surface area contributed by atoms with Crippen LogP contribution in [0.15, 0.2) is 42.6 Å². The predicted molar refractivity (Wildman–Crippen MR) is 114 cm³/mol. The number of primary amides is 1. The van der Waals surface area contributed by atoms with E-state index in [1.807, 2.05) is 4.90 Å². The number of hydrogen-bond acceptors (Lipinski definition) is 6. The first kappa shape index (κ1) is 20.5. The van der Waals surface area contributed by atoms with Crippen LogP contribution >= 0.6 is 0 Å². The Balaban J connectivity index is 1.39. The fourth-order valence-electron chi connectivity index (χ4n) is 3.89. The Bertz CT molecular complexity index is 1000. The van der Waals surface area contributed by atoms with E-state index in [0.29, 0.717) is 23.5 Å². The van der Waals surface area contributed by atoms with Gasteiger partial charge in [0.15, 0.2) is 0 Å². The van der Waals surface area contributed by atoms with Crippen LogP contribution in [0.3, 0.4) is 0 Å². The molecule has 9 heteroatoms. The summed E-state index contributed by atoms with van der Waals surface area (Å²) in [6, 6.07) is 9.87. The lowest BCUT2D eigenvalue weighted by atomic mass is 9.97. The Labute approximate surface area is 179 Å². The van der Waals surface area contributed by atoms with Crippen LogP contribution in [0.4, 0.5) is 17.2 Å². The molecule has 2 aliphatic rings. The van der Waals surface area contributed by atoms with Gasteiger partial charge >= 0.3 is 0 Å². The molecule has 2 fully saturated rings. The zero-order valence-electron chi connectivity index (χ0n) is 16.9. The van der Waals surface area contributed by atoms with E-state index >= 15 is 0 Å². The highest BCUT2D eigenvalue weighted by Crippen LogP contribution is 2.24. The van der Waals surface area contributed by atoms with Crippen molar-refractivity contribution in [3.8, 4) is 0 Å². The van der Waals surface area contributed by atoms with Crippen molar-refractivity contribution in [2.75, 3.05) is 28.2 Å². The van der Waals surface area contributed by atoms with Gasteiger partial charge in [-0.3, -0.25) is 24.1 Å². The van der Waals surface area contributed by atoms with Crippen molar-refractivity contribution in [2.45, 2.75) is 25.7 Å². The molecule has 0 saturated carbocycles. The van der Waals surface area contributed by atoms with Gasteiger partial charge in [-0.1, -0.05) is 0 Å². The van der Waals surface area contributed by atoms with Crippen LogP contribution in [0.2, 0.25) is 0 Å². The molecule has 0 radical (unpaired) electrons. The van der Waals surface area contributed by atoms with Crippen molar-refractivity contribution >= 4 is 40.8 Å². The van der Waals surface area contributed by atoms with E-state index < -0.39 is 0 Å². The van der Waals surface area contributed by atoms with Crippen molar-refractivity contribution in [3.63, 3.8) is 0 Å². The molecule has 9 nitrogen and oxygen atoms in total. The van der Waals surface area contributed by atoms with E-state index in [-0.39, 0.29) is 42.4 Å². The van der Waals surface area contributed by atoms with Gasteiger partial charge < -0.3 is 16.0 Å².